The fraction of sp³-hybridized carbons (Fsp3) is 0.379. The maximum absolute atomic E-state index is 13.0. The summed E-state index contributed by atoms with van der Waals surface area (Å²) in [6.07, 6.45) is -8.45. The lowest BCUT2D eigenvalue weighted by Gasteiger charge is -2.43. The molecule has 1 N–H and O–H groups in total. The first-order valence-corrected chi connectivity index (χ1v) is 13.6. The molecule has 1 fully saturated rings. The molecule has 16 heteroatoms. The first-order valence-electron chi connectivity index (χ1n) is 15.6. The van der Waals surface area contributed by atoms with E-state index in [-0.39, 0.29) is 16.6 Å². The van der Waals surface area contributed by atoms with Gasteiger partial charge in [0.05, 0.1) is 15.6 Å². The number of esters is 4. The van der Waals surface area contributed by atoms with Crippen molar-refractivity contribution in [3.8, 4) is 11.5 Å². The largest absolute Gasteiger partial charge is 0.463 e. The molecule has 5 atom stereocenters. The van der Waals surface area contributed by atoms with Gasteiger partial charge in [-0.05, 0) is 30.3 Å². The van der Waals surface area contributed by atoms with E-state index in [1.165, 1.54) is 12.1 Å². The van der Waals surface area contributed by atoms with Gasteiger partial charge in [0.2, 0.25) is 11.8 Å². The zero-order valence-electron chi connectivity index (χ0n) is 27.2. The van der Waals surface area contributed by atoms with Crippen molar-refractivity contribution >= 4 is 69.8 Å². The van der Waals surface area contributed by atoms with E-state index in [1.807, 2.05) is 0 Å². The van der Waals surface area contributed by atoms with Crippen molar-refractivity contribution in [3.05, 3.63) is 46.4 Å². The van der Waals surface area contributed by atoms with Gasteiger partial charge in [-0.15, -0.1) is 0 Å². The van der Waals surface area contributed by atoms with Crippen LogP contribution in [0.4, 0.5) is 5.69 Å². The average molecular weight is 671 g/mol. The molecule has 240 valence electrons. The number of halogens is 2. The monoisotopic (exact) mass is 670 g/mol. The van der Waals surface area contributed by atoms with Crippen LogP contribution in [0.1, 0.15) is 33.1 Å². The van der Waals surface area contributed by atoms with Crippen LogP contribution < -0.4 is 5.32 Å². The lowest BCUT2D eigenvalue weighted by molar-refractivity contribution is -0.306. The highest BCUT2D eigenvalue weighted by Gasteiger charge is 2.52. The number of rotatable bonds is 10. The Bertz CT molecular complexity index is 1700. The minimum Gasteiger partial charge on any atom is -0.463 e. The Morgan fingerprint density at radius 1 is 0.911 bits per heavy atom. The Kier molecular flexibility index (Phi) is 9.22. The lowest BCUT2D eigenvalue weighted by Crippen LogP contribution is -2.63. The smallest absolute Gasteiger partial charge is 0.303 e. The van der Waals surface area contributed by atoms with Gasteiger partial charge in [-0.1, -0.05) is 29.3 Å². The number of carbonyl (C=O) groups excluding carboxylic acids is 5. The number of carbonyl (C=O) groups is 5. The Labute approximate surface area is 271 Å². The van der Waals surface area contributed by atoms with Gasteiger partial charge in [-0.3, -0.25) is 24.0 Å². The molecular weight excluding hydrogens is 639 g/mol. The second-order valence-corrected chi connectivity index (χ2v) is 10.0. The second-order valence-electron chi connectivity index (χ2n) is 9.25. The summed E-state index contributed by atoms with van der Waals surface area (Å²) in [6, 6.07) is 9.53. The number of nitrogens with one attached hydrogen (secondary N) is 1. The molecule has 0 radical (unpaired) electrons. The van der Waals surface area contributed by atoms with Crippen LogP contribution in [0, 0.1) is 0 Å². The van der Waals surface area contributed by atoms with E-state index in [9.17, 15) is 24.0 Å². The Balaban J connectivity index is 1.55. The van der Waals surface area contributed by atoms with Crippen LogP contribution in [0.3, 0.4) is 0 Å². The maximum atomic E-state index is 13.0. The summed E-state index contributed by atoms with van der Waals surface area (Å²) >= 11 is 12.4. The molecule has 1 unspecified atom stereocenters. The summed E-state index contributed by atoms with van der Waals surface area (Å²) in [5.41, 5.74) is 1.46. The minimum atomic E-state index is -1.77. The highest BCUT2D eigenvalue weighted by atomic mass is 35.5. The quantitative estimate of drug-likeness (QED) is 0.243. The van der Waals surface area contributed by atoms with E-state index in [2.05, 4.69) is 10.3 Å². The van der Waals surface area contributed by atoms with Crippen molar-refractivity contribution in [2.24, 2.45) is 0 Å². The van der Waals surface area contributed by atoms with E-state index < -0.39 is 101 Å². The van der Waals surface area contributed by atoms with E-state index in [0.717, 1.165) is 0 Å². The average Bonchev–Trinajstić information content (AvgIpc) is 3.52. The van der Waals surface area contributed by atoms with Gasteiger partial charge < -0.3 is 38.2 Å². The molecule has 1 aliphatic heterocycles. The Morgan fingerprint density at radius 3 is 2.31 bits per heavy atom. The zero-order chi connectivity index (χ0) is 35.7. The van der Waals surface area contributed by atoms with Crippen LogP contribution in [-0.4, -0.2) is 78.7 Å². The third-order valence-corrected chi connectivity index (χ3v) is 6.85. The van der Waals surface area contributed by atoms with Crippen LogP contribution in [-0.2, 0) is 52.4 Å². The molecule has 0 aliphatic carbocycles. The predicted octanol–water partition coefficient (Wildman–Crippen LogP) is 3.84. The summed E-state index contributed by atoms with van der Waals surface area (Å²) in [6.45, 7) is -4.93. The molecule has 1 amide bonds. The topological polar surface area (TPSA) is 179 Å². The molecule has 0 spiro atoms. The number of ether oxygens (including phenoxy) is 6. The first kappa shape index (κ1) is 28.2. The highest BCUT2D eigenvalue weighted by Crippen LogP contribution is 2.35. The van der Waals surface area contributed by atoms with Crippen LogP contribution in [0.5, 0.6) is 0 Å². The number of nitrogens with zero attached hydrogens (tertiary/aromatic N) is 1. The summed E-state index contributed by atoms with van der Waals surface area (Å²) < 4.78 is 67.0. The van der Waals surface area contributed by atoms with Crippen molar-refractivity contribution in [1.82, 2.24) is 4.98 Å². The third-order valence-electron chi connectivity index (χ3n) is 6.03. The van der Waals surface area contributed by atoms with Crippen molar-refractivity contribution in [2.75, 3.05) is 18.5 Å². The van der Waals surface area contributed by atoms with Crippen molar-refractivity contribution < 1.29 is 62.3 Å². The normalized spacial score (nSPS) is 22.2. The van der Waals surface area contributed by atoms with Crippen LogP contribution in [0.25, 0.3) is 22.6 Å². The fourth-order valence-corrected chi connectivity index (χ4v) is 4.70. The molecule has 1 aliphatic rings. The van der Waals surface area contributed by atoms with E-state index in [0.29, 0.717) is 21.7 Å². The standard InChI is InChI=1S/C29H28Cl2N2O12/c1-13(34)39-11-22-25(41-14(2)35)26(42-15(3)36)27(43-16(4)37)29(45-22)40-12-23(38)32-17-8-9-21-20(10-17)33-28(44-21)18-6-5-7-19(30)24(18)31/h5-10,22,25-27,29H,11-12H2,1-4H3,(H,32,38)/t22-,25-,26+,27-,29?/m1/s1/i1D,2D,3D,4D. The molecule has 14 nitrogen and oxygen atoms in total. The number of aromatic nitrogens is 1. The molecule has 0 saturated carbocycles. The van der Waals surface area contributed by atoms with Gasteiger partial charge in [0, 0.05) is 38.8 Å². The molecule has 2 heterocycles. The van der Waals surface area contributed by atoms with E-state index in [4.69, 9.17) is 61.5 Å². The zero-order valence-corrected chi connectivity index (χ0v) is 24.7. The van der Waals surface area contributed by atoms with Crippen molar-refractivity contribution in [1.29, 1.82) is 0 Å². The number of amides is 1. The van der Waals surface area contributed by atoms with E-state index in [1.54, 1.807) is 24.3 Å². The van der Waals surface area contributed by atoms with Gasteiger partial charge in [0.15, 0.2) is 30.2 Å². The SMILES string of the molecule is [2H]CC(=O)OC[C@H]1OC(OCC(=O)Nc2ccc3oc(-c4cccc(Cl)c4Cl)nc3c2)[C@H](OC(=O)C[2H])[C@@H](OC(=O)C[2H])[C@@H]1OC(=O)C[2H]. The molecule has 4 rings (SSSR count). The Hall–Kier alpha value is -4.24. The molecule has 1 saturated heterocycles. The van der Waals surface area contributed by atoms with Gasteiger partial charge in [0.1, 0.15) is 24.8 Å². The highest BCUT2D eigenvalue weighted by molar-refractivity contribution is 6.43. The first-order chi connectivity index (χ1) is 23.5. The third kappa shape index (κ3) is 8.69. The predicted molar refractivity (Wildman–Crippen MR) is 156 cm³/mol. The summed E-state index contributed by atoms with van der Waals surface area (Å²) in [7, 11) is 0. The summed E-state index contributed by atoms with van der Waals surface area (Å²) in [5, 5.41) is 3.13. The molecule has 2 aromatic carbocycles. The molecular formula is C29H28Cl2N2O12. The molecule has 3 aromatic rings. The fourth-order valence-electron chi connectivity index (χ4n) is 4.32. The van der Waals surface area contributed by atoms with Gasteiger partial charge >= 0.3 is 23.9 Å². The Morgan fingerprint density at radius 2 is 1.60 bits per heavy atom. The molecule has 0 bridgehead atoms. The molecule has 1 aromatic heterocycles. The molecule has 45 heavy (non-hydrogen) atoms. The number of anilines is 1. The number of oxazole rings is 1. The van der Waals surface area contributed by atoms with Crippen molar-refractivity contribution in [3.63, 3.8) is 0 Å². The summed E-state index contributed by atoms with van der Waals surface area (Å²) in [4.78, 5) is 65.7. The number of hydrogen-bond donors (Lipinski definition) is 1. The lowest BCUT2D eigenvalue weighted by atomic mass is 9.98. The van der Waals surface area contributed by atoms with Crippen LogP contribution in [0.15, 0.2) is 40.8 Å². The number of hydrogen-bond acceptors (Lipinski definition) is 13. The summed E-state index contributed by atoms with van der Waals surface area (Å²) in [5.74, 6) is -5.01. The van der Waals surface area contributed by atoms with Crippen LogP contribution in [0.2, 0.25) is 10.0 Å². The number of fused-ring (bicyclic) bond motifs is 1. The van der Waals surface area contributed by atoms with Crippen molar-refractivity contribution in [2.45, 2.75) is 58.3 Å². The van der Waals surface area contributed by atoms with E-state index >= 15 is 0 Å². The minimum absolute atomic E-state index is 0.187. The maximum Gasteiger partial charge on any atom is 0.303 e. The second kappa shape index (κ2) is 14.7. The van der Waals surface area contributed by atoms with Gasteiger partial charge in [-0.25, -0.2) is 4.98 Å². The van der Waals surface area contributed by atoms with Gasteiger partial charge in [0.25, 0.3) is 0 Å². The number of benzene rings is 2. The van der Waals surface area contributed by atoms with Crippen LogP contribution >= 0.6 is 23.2 Å². The van der Waals surface area contributed by atoms with Gasteiger partial charge in [-0.2, -0.15) is 0 Å².